The fourth-order valence-corrected chi connectivity index (χ4v) is 2.88. The van der Waals surface area contributed by atoms with Gasteiger partial charge in [-0.05, 0) is 30.5 Å². The summed E-state index contributed by atoms with van der Waals surface area (Å²) in [5, 5.41) is 2.79. The Kier molecular flexibility index (Phi) is 1.67. The quantitative estimate of drug-likeness (QED) is 0.693. The molecule has 1 spiro atoms. The van der Waals surface area contributed by atoms with E-state index >= 15 is 0 Å². The van der Waals surface area contributed by atoms with E-state index in [2.05, 4.69) is 5.32 Å². The molecule has 1 saturated carbocycles. The molecule has 2 aliphatic rings. The molecule has 2 nitrogen and oxygen atoms in total. The van der Waals surface area contributed by atoms with Crippen LogP contribution in [0.4, 0.5) is 10.1 Å². The van der Waals surface area contributed by atoms with Gasteiger partial charge in [-0.1, -0.05) is 18.9 Å². The molecule has 1 N–H and O–H groups in total. The van der Waals surface area contributed by atoms with E-state index in [0.717, 1.165) is 31.2 Å². The summed E-state index contributed by atoms with van der Waals surface area (Å²) in [5.74, 6) is -0.232. The minimum atomic E-state index is -0.344. The van der Waals surface area contributed by atoms with E-state index in [0.29, 0.717) is 5.69 Å². The summed E-state index contributed by atoms with van der Waals surface area (Å²) in [6.07, 6.45) is 3.98. The van der Waals surface area contributed by atoms with Crippen LogP contribution in [0, 0.1) is 5.82 Å². The molecule has 0 radical (unpaired) electrons. The van der Waals surface area contributed by atoms with Crippen molar-refractivity contribution in [2.24, 2.45) is 0 Å². The molecule has 1 amide bonds. The first kappa shape index (κ1) is 8.89. The van der Waals surface area contributed by atoms with E-state index in [1.165, 1.54) is 12.1 Å². The van der Waals surface area contributed by atoms with Crippen molar-refractivity contribution in [3.8, 4) is 0 Å². The lowest BCUT2D eigenvalue weighted by atomic mass is 9.80. The molecule has 0 unspecified atom stereocenters. The van der Waals surface area contributed by atoms with Crippen LogP contribution in [0.3, 0.4) is 0 Å². The van der Waals surface area contributed by atoms with E-state index in [-0.39, 0.29) is 17.1 Å². The minimum Gasteiger partial charge on any atom is -0.325 e. The van der Waals surface area contributed by atoms with Crippen molar-refractivity contribution < 1.29 is 9.18 Å². The fourth-order valence-electron chi connectivity index (χ4n) is 2.88. The molecule has 1 aromatic carbocycles. The van der Waals surface area contributed by atoms with Gasteiger partial charge in [0.25, 0.3) is 0 Å². The zero-order valence-corrected chi connectivity index (χ0v) is 8.35. The molecule has 1 fully saturated rings. The molecule has 1 aliphatic heterocycles. The average molecular weight is 205 g/mol. The van der Waals surface area contributed by atoms with Gasteiger partial charge in [-0.2, -0.15) is 0 Å². The van der Waals surface area contributed by atoms with Crippen molar-refractivity contribution in [1.82, 2.24) is 0 Å². The lowest BCUT2D eigenvalue weighted by molar-refractivity contribution is -0.120. The smallest absolute Gasteiger partial charge is 0.235 e. The topological polar surface area (TPSA) is 29.1 Å². The number of carbonyl (C=O) groups excluding carboxylic acids is 1. The van der Waals surface area contributed by atoms with Crippen molar-refractivity contribution in [3.05, 3.63) is 29.6 Å². The lowest BCUT2D eigenvalue weighted by Crippen LogP contribution is -2.30. The number of hydrogen-bond acceptors (Lipinski definition) is 1. The van der Waals surface area contributed by atoms with Gasteiger partial charge >= 0.3 is 0 Å². The van der Waals surface area contributed by atoms with Crippen molar-refractivity contribution in [2.45, 2.75) is 31.1 Å². The number of anilines is 1. The summed E-state index contributed by atoms with van der Waals surface area (Å²) in [5.41, 5.74) is 1.32. The highest BCUT2D eigenvalue weighted by Gasteiger charge is 2.48. The van der Waals surface area contributed by atoms with Crippen LogP contribution in [0.1, 0.15) is 31.2 Å². The van der Waals surface area contributed by atoms with Gasteiger partial charge in [0, 0.05) is 5.69 Å². The second kappa shape index (κ2) is 2.81. The fraction of sp³-hybridized carbons (Fsp3) is 0.417. The molecular weight excluding hydrogens is 193 g/mol. The highest BCUT2D eigenvalue weighted by molar-refractivity contribution is 6.06. The van der Waals surface area contributed by atoms with Gasteiger partial charge in [-0.25, -0.2) is 4.39 Å². The van der Waals surface area contributed by atoms with Crippen LogP contribution in [0.5, 0.6) is 0 Å². The predicted octanol–water partition coefficient (Wildman–Crippen LogP) is 2.59. The highest BCUT2D eigenvalue weighted by Crippen LogP contribution is 2.48. The third-order valence-corrected chi connectivity index (χ3v) is 3.64. The summed E-state index contributed by atoms with van der Waals surface area (Å²) >= 11 is 0. The number of rotatable bonds is 0. The van der Waals surface area contributed by atoms with E-state index in [1.807, 2.05) is 0 Å². The van der Waals surface area contributed by atoms with Crippen LogP contribution in [-0.4, -0.2) is 5.91 Å². The number of hydrogen-bond donors (Lipinski definition) is 1. The molecule has 15 heavy (non-hydrogen) atoms. The normalized spacial score (nSPS) is 21.8. The first-order valence-electron chi connectivity index (χ1n) is 5.34. The molecule has 1 aromatic rings. The van der Waals surface area contributed by atoms with E-state index in [1.54, 1.807) is 6.07 Å². The summed E-state index contributed by atoms with van der Waals surface area (Å²) in [6.45, 7) is 0. The Morgan fingerprint density at radius 3 is 2.73 bits per heavy atom. The molecule has 1 heterocycles. The van der Waals surface area contributed by atoms with Crippen LogP contribution in [0.15, 0.2) is 18.2 Å². The number of carbonyl (C=O) groups is 1. The maximum absolute atomic E-state index is 13.0. The Balaban J connectivity index is 2.17. The zero-order chi connectivity index (χ0) is 10.5. The van der Waals surface area contributed by atoms with Crippen molar-refractivity contribution in [1.29, 1.82) is 0 Å². The molecule has 0 saturated heterocycles. The molecule has 0 atom stereocenters. The molecular formula is C12H12FNO. The monoisotopic (exact) mass is 205 g/mol. The number of halogens is 1. The standard InChI is InChI=1S/C12H12FNO/c13-8-3-4-9-10(7-8)14-11(15)12(9)5-1-2-6-12/h3-4,7H,1-2,5-6H2,(H,14,15). The number of benzene rings is 1. The van der Waals surface area contributed by atoms with Gasteiger partial charge in [-0.3, -0.25) is 4.79 Å². The molecule has 3 heteroatoms. The Morgan fingerprint density at radius 1 is 1.27 bits per heavy atom. The zero-order valence-electron chi connectivity index (χ0n) is 8.35. The van der Waals surface area contributed by atoms with Crippen LogP contribution in [0.25, 0.3) is 0 Å². The van der Waals surface area contributed by atoms with E-state index in [4.69, 9.17) is 0 Å². The summed E-state index contributed by atoms with van der Waals surface area (Å²) in [4.78, 5) is 11.9. The average Bonchev–Trinajstić information content (AvgIpc) is 2.76. The Morgan fingerprint density at radius 2 is 2.00 bits per heavy atom. The summed E-state index contributed by atoms with van der Waals surface area (Å²) in [7, 11) is 0. The Labute approximate surface area is 87.5 Å². The molecule has 0 bridgehead atoms. The van der Waals surface area contributed by atoms with E-state index in [9.17, 15) is 9.18 Å². The summed E-state index contributed by atoms with van der Waals surface area (Å²) < 4.78 is 13.0. The van der Waals surface area contributed by atoms with Gasteiger partial charge in [-0.15, -0.1) is 0 Å². The van der Waals surface area contributed by atoms with Crippen LogP contribution in [-0.2, 0) is 10.2 Å². The lowest BCUT2D eigenvalue weighted by Gasteiger charge is -2.20. The van der Waals surface area contributed by atoms with E-state index < -0.39 is 0 Å². The maximum atomic E-state index is 13.0. The highest BCUT2D eigenvalue weighted by atomic mass is 19.1. The maximum Gasteiger partial charge on any atom is 0.235 e. The first-order valence-corrected chi connectivity index (χ1v) is 5.34. The second-order valence-corrected chi connectivity index (χ2v) is 4.43. The first-order chi connectivity index (χ1) is 7.22. The predicted molar refractivity (Wildman–Crippen MR) is 55.2 cm³/mol. The third kappa shape index (κ3) is 1.06. The van der Waals surface area contributed by atoms with Gasteiger partial charge in [0.15, 0.2) is 0 Å². The van der Waals surface area contributed by atoms with Gasteiger partial charge in [0.1, 0.15) is 5.82 Å². The third-order valence-electron chi connectivity index (χ3n) is 3.64. The number of nitrogens with one attached hydrogen (secondary N) is 1. The molecule has 3 rings (SSSR count). The van der Waals surface area contributed by atoms with Gasteiger partial charge < -0.3 is 5.32 Å². The molecule has 78 valence electrons. The molecule has 0 aromatic heterocycles. The largest absolute Gasteiger partial charge is 0.325 e. The second-order valence-electron chi connectivity index (χ2n) is 4.43. The summed E-state index contributed by atoms with van der Waals surface area (Å²) in [6, 6.07) is 4.62. The van der Waals surface area contributed by atoms with Crippen LogP contribution in [0.2, 0.25) is 0 Å². The van der Waals surface area contributed by atoms with Crippen molar-refractivity contribution >= 4 is 11.6 Å². The SMILES string of the molecule is O=C1Nc2cc(F)ccc2C12CCCC2. The van der Waals surface area contributed by atoms with Crippen LogP contribution >= 0.6 is 0 Å². The van der Waals surface area contributed by atoms with Crippen molar-refractivity contribution in [3.63, 3.8) is 0 Å². The van der Waals surface area contributed by atoms with Crippen LogP contribution < -0.4 is 5.32 Å². The van der Waals surface area contributed by atoms with Crippen molar-refractivity contribution in [2.75, 3.05) is 5.32 Å². The van der Waals surface area contributed by atoms with Gasteiger partial charge in [0.05, 0.1) is 5.41 Å². The van der Waals surface area contributed by atoms with Gasteiger partial charge in [0.2, 0.25) is 5.91 Å². The Bertz CT molecular complexity index is 435. The molecule has 1 aliphatic carbocycles. The minimum absolute atomic E-state index is 0.0561. The number of fused-ring (bicyclic) bond motifs is 2. The Hall–Kier alpha value is -1.38. The number of amides is 1.